The number of hydrogen-bond donors (Lipinski definition) is 0. The first-order chi connectivity index (χ1) is 38.3. The van der Waals surface area contributed by atoms with Crippen molar-refractivity contribution in [3.8, 4) is 0 Å². The van der Waals surface area contributed by atoms with E-state index in [0.717, 1.165) is 44.3 Å². The van der Waals surface area contributed by atoms with Gasteiger partial charge in [0.15, 0.2) is 0 Å². The molecule has 0 radical (unpaired) electrons. The Balaban J connectivity index is 0.000000174. The van der Waals surface area contributed by atoms with Crippen molar-refractivity contribution in [3.05, 3.63) is 193 Å². The maximum absolute atomic E-state index is 13.9. The number of likely N-dealkylation sites (tertiary alicyclic amines) is 2. The van der Waals surface area contributed by atoms with Crippen LogP contribution in [0.15, 0.2) is 182 Å². The van der Waals surface area contributed by atoms with E-state index in [0.29, 0.717) is 30.9 Å². The molecule has 0 spiro atoms. The molecule has 4 saturated heterocycles. The summed E-state index contributed by atoms with van der Waals surface area (Å²) in [4.78, 5) is 21.4. The van der Waals surface area contributed by atoms with Gasteiger partial charge in [-0.15, -0.1) is 0 Å². The molecule has 6 aromatic rings. The van der Waals surface area contributed by atoms with E-state index in [9.17, 15) is 4.79 Å². The van der Waals surface area contributed by atoms with Crippen LogP contribution in [0.2, 0.25) is 10.1 Å². The van der Waals surface area contributed by atoms with E-state index < -0.39 is 22.2 Å². The molecule has 0 N–H and O–H groups in total. The number of hydrogen-bond acceptors (Lipinski definition) is 6. The van der Waals surface area contributed by atoms with E-state index in [4.69, 9.17) is 15.0 Å². The quantitative estimate of drug-likeness (QED) is 0.114. The first-order valence-corrected chi connectivity index (χ1v) is 33.6. The van der Waals surface area contributed by atoms with Crippen LogP contribution in [-0.4, -0.2) is 92.5 Å². The highest BCUT2D eigenvalue weighted by Crippen LogP contribution is 2.55. The molecule has 12 rings (SSSR count). The first kappa shape index (κ1) is 55.8. The van der Waals surface area contributed by atoms with Crippen molar-refractivity contribution in [2.45, 2.75) is 173 Å². The van der Waals surface area contributed by atoms with Crippen LogP contribution in [0.5, 0.6) is 0 Å². The number of piperidine rings is 3. The zero-order chi connectivity index (χ0) is 56.5. The van der Waals surface area contributed by atoms with Crippen LogP contribution >= 0.6 is 0 Å². The molecule has 2 aliphatic carbocycles. The summed E-state index contributed by atoms with van der Waals surface area (Å²) >= 11 is 0. The SMILES string of the molecule is CC(C)(C)OC(=O)N1C2CC3CC1[C@H](O[Si](c1ccccc1)(c1ccccc1)C(C)(C)C)C2N(Cc1ccccc1)C3.CC(C)(C)[Si](O[C@H]1C2CC3CC(C2)C1N(Cc1ccccc1)C3)(c1ccccc1)c1ccccc1.[2H]CC. The Morgan fingerprint density at radius 3 is 1.24 bits per heavy atom. The topological polar surface area (TPSA) is 54.5 Å². The Morgan fingerprint density at radius 1 is 0.481 bits per heavy atom. The summed E-state index contributed by atoms with van der Waals surface area (Å²) in [7, 11) is -5.41. The Labute approximate surface area is 478 Å². The molecule has 0 aromatic heterocycles. The molecule has 1 amide bonds. The number of carbonyl (C=O) groups is 1. The van der Waals surface area contributed by atoms with E-state index in [1.165, 1.54) is 57.7 Å². The molecule has 6 aromatic carbocycles. The Kier molecular flexibility index (Phi) is 16.5. The molecule has 8 unspecified atom stereocenters. The lowest BCUT2D eigenvalue weighted by atomic mass is 9.78. The largest absolute Gasteiger partial charge is 0.444 e. The van der Waals surface area contributed by atoms with E-state index in [1.54, 1.807) is 6.92 Å². The van der Waals surface area contributed by atoms with Gasteiger partial charge >= 0.3 is 6.09 Å². The van der Waals surface area contributed by atoms with Gasteiger partial charge in [-0.05, 0) is 118 Å². The predicted octanol–water partition coefficient (Wildman–Crippen LogP) is 13.1. The molecule has 79 heavy (non-hydrogen) atoms. The van der Waals surface area contributed by atoms with Gasteiger partial charge in [0.2, 0.25) is 0 Å². The summed E-state index contributed by atoms with van der Waals surface area (Å²) in [6.45, 7) is 26.6. The van der Waals surface area contributed by atoms with Crippen molar-refractivity contribution >= 4 is 43.5 Å². The number of fused-ring (bicyclic) bond motifs is 4. The van der Waals surface area contributed by atoms with Crippen molar-refractivity contribution in [3.63, 3.8) is 0 Å². The third-order valence-corrected chi connectivity index (χ3v) is 28.5. The minimum atomic E-state index is -2.85. The zero-order valence-corrected chi connectivity index (χ0v) is 51.1. The van der Waals surface area contributed by atoms with Crippen LogP contribution in [0.25, 0.3) is 0 Å². The van der Waals surface area contributed by atoms with Gasteiger partial charge in [0.05, 0.1) is 30.3 Å². The van der Waals surface area contributed by atoms with Gasteiger partial charge in [-0.25, -0.2) is 4.79 Å². The van der Waals surface area contributed by atoms with Crippen molar-refractivity contribution < 1.29 is 19.8 Å². The lowest BCUT2D eigenvalue weighted by molar-refractivity contribution is -0.0206. The van der Waals surface area contributed by atoms with Crippen LogP contribution in [0.3, 0.4) is 0 Å². The molecule has 9 heteroatoms. The molecular weight excluding hydrogens is 1000 g/mol. The number of amides is 1. The van der Waals surface area contributed by atoms with Crippen molar-refractivity contribution in [1.82, 2.24) is 14.7 Å². The van der Waals surface area contributed by atoms with E-state index in [-0.39, 0.29) is 40.4 Å². The molecule has 7 nitrogen and oxygen atoms in total. The minimum absolute atomic E-state index is 0.0176. The van der Waals surface area contributed by atoms with Gasteiger partial charge < -0.3 is 13.6 Å². The average molecular weight is 1100 g/mol. The van der Waals surface area contributed by atoms with Crippen LogP contribution in [0.4, 0.5) is 4.79 Å². The van der Waals surface area contributed by atoms with Crippen molar-refractivity contribution in [2.75, 3.05) is 13.1 Å². The van der Waals surface area contributed by atoms with Gasteiger partial charge in [-0.3, -0.25) is 14.7 Å². The molecular formula is C70H91N3O4Si2. The second-order valence-corrected chi connectivity index (χ2v) is 35.3. The van der Waals surface area contributed by atoms with Crippen LogP contribution in [0, 0.1) is 23.7 Å². The highest BCUT2D eigenvalue weighted by atomic mass is 28.4. The maximum atomic E-state index is 13.9. The summed E-state index contributed by atoms with van der Waals surface area (Å²) in [5.74, 6) is 2.82. The highest BCUT2D eigenvalue weighted by molar-refractivity contribution is 7.00. The Hall–Kier alpha value is -5.14. The molecule has 418 valence electrons. The molecule has 2 saturated carbocycles. The van der Waals surface area contributed by atoms with Gasteiger partial charge in [0.25, 0.3) is 16.6 Å². The van der Waals surface area contributed by atoms with Gasteiger partial charge in [0.1, 0.15) is 5.60 Å². The summed E-state index contributed by atoms with van der Waals surface area (Å²) in [5.41, 5.74) is 2.18. The summed E-state index contributed by atoms with van der Waals surface area (Å²) < 4.78 is 28.0. The number of benzene rings is 6. The highest BCUT2D eigenvalue weighted by Gasteiger charge is 2.65. The molecule has 6 bridgehead atoms. The second-order valence-electron chi connectivity index (χ2n) is 26.8. The zero-order valence-electron chi connectivity index (χ0n) is 50.1. The fourth-order valence-electron chi connectivity index (χ4n) is 15.8. The van der Waals surface area contributed by atoms with Gasteiger partial charge in [-0.1, -0.05) is 237 Å². The fourth-order valence-corrected chi connectivity index (χ4v) is 25.2. The summed E-state index contributed by atoms with van der Waals surface area (Å²) in [6, 6.07) is 66.7. The third-order valence-electron chi connectivity index (χ3n) is 18.5. The minimum Gasteiger partial charge on any atom is -0.444 e. The van der Waals surface area contributed by atoms with E-state index in [1.807, 2.05) is 20.8 Å². The monoisotopic (exact) mass is 1090 g/mol. The van der Waals surface area contributed by atoms with Gasteiger partial charge in [-0.2, -0.15) is 0 Å². The Morgan fingerprint density at radius 2 is 0.835 bits per heavy atom. The molecule has 6 fully saturated rings. The summed E-state index contributed by atoms with van der Waals surface area (Å²) in [5, 5.41) is 5.24. The lowest BCUT2D eigenvalue weighted by Gasteiger charge is -2.48. The van der Waals surface area contributed by atoms with Crippen molar-refractivity contribution in [1.29, 1.82) is 0 Å². The lowest BCUT2D eigenvalue weighted by Crippen LogP contribution is -2.69. The molecule has 10 atom stereocenters. The van der Waals surface area contributed by atoms with Gasteiger partial charge in [0, 0.05) is 33.6 Å². The number of carbonyl (C=O) groups excluding carboxylic acids is 1. The van der Waals surface area contributed by atoms with E-state index >= 15 is 0 Å². The molecule has 4 aliphatic heterocycles. The number of ether oxygens (including phenoxy) is 1. The third kappa shape index (κ3) is 11.3. The number of nitrogens with zero attached hydrogens (tertiary/aromatic N) is 3. The maximum Gasteiger partial charge on any atom is 0.410 e. The summed E-state index contributed by atoms with van der Waals surface area (Å²) in [6.07, 6.45) is 6.01. The normalized spacial score (nSPS) is 26.6. The second kappa shape index (κ2) is 23.4. The standard InChI is InChI=1S/C36H46N2O3Si.C32H39NOSi.C2H6/c1-35(2,3)40-34(39)38-30-22-27-23-31(38)33(32(30)37(25-27)24-26-16-10-7-11-17-26)41-42(36(4,5)6,28-18-12-8-13-19-28)29-20-14-9-15-21-29;1-32(2,3)35(28-15-9-5-10-16-28,29-17-11-6-12-18-29)34-31-27-20-25-19-26(21-27)30(31)33(23-25)22-24-13-7-4-8-14-24;1-2/h7-21,27,30-33H,22-25H2,1-6H3;4-18,25-27,30-31H,19-23H2,1-3H3;1-2H3/t27?,30?,31?,32?,33-;25?,26?,27?,30?,31-;/m00./s1/i;;1D. The van der Waals surface area contributed by atoms with Crippen molar-refractivity contribution in [2.24, 2.45) is 23.7 Å². The first-order valence-electron chi connectivity index (χ1n) is 30.5. The molecule has 6 aliphatic rings. The van der Waals surface area contributed by atoms with E-state index in [2.05, 4.69) is 238 Å². The fraction of sp³-hybridized carbons (Fsp3) is 0.471. The number of rotatable bonds is 12. The van der Waals surface area contributed by atoms with Crippen LogP contribution < -0.4 is 20.7 Å². The average Bonchev–Trinajstić information content (AvgIpc) is 3.95. The van der Waals surface area contributed by atoms with Crippen LogP contribution in [0.1, 0.15) is 121 Å². The van der Waals surface area contributed by atoms with Crippen LogP contribution in [-0.2, 0) is 26.7 Å². The Bertz CT molecular complexity index is 2840. The smallest absolute Gasteiger partial charge is 0.410 e. The molecule has 4 heterocycles. The predicted molar refractivity (Wildman–Crippen MR) is 330 cm³/mol.